The first-order valence-electron chi connectivity index (χ1n) is 11.2. The molecule has 0 bridgehead atoms. The van der Waals surface area contributed by atoms with Crippen LogP contribution >= 0.6 is 11.6 Å². The molecule has 2 aromatic carbocycles. The highest BCUT2D eigenvalue weighted by atomic mass is 35.5. The van der Waals surface area contributed by atoms with Crippen molar-refractivity contribution in [1.82, 2.24) is 9.78 Å². The number of aliphatic hydroxyl groups is 4. The van der Waals surface area contributed by atoms with E-state index in [2.05, 4.69) is 15.2 Å². The van der Waals surface area contributed by atoms with Crippen LogP contribution in [0, 0.1) is 0 Å². The zero-order chi connectivity index (χ0) is 26.5. The normalized spacial score (nSPS) is 23.4. The molecule has 1 aromatic heterocycles. The van der Waals surface area contributed by atoms with Crippen molar-refractivity contribution in [2.24, 2.45) is 0 Å². The van der Waals surface area contributed by atoms with Crippen molar-refractivity contribution in [1.29, 1.82) is 0 Å². The third-order valence-electron chi connectivity index (χ3n) is 5.65. The second-order valence-corrected chi connectivity index (χ2v) is 8.50. The Hall–Kier alpha value is -3.39. The Morgan fingerprint density at radius 1 is 1.14 bits per heavy atom. The number of halogens is 1. The lowest BCUT2D eigenvalue weighted by Gasteiger charge is -2.39. The van der Waals surface area contributed by atoms with Crippen molar-refractivity contribution in [2.45, 2.75) is 37.3 Å². The Kier molecular flexibility index (Phi) is 8.48. The molecule has 0 saturated carbocycles. The number of hydrogen-bond acceptors (Lipinski definition) is 10. The van der Waals surface area contributed by atoms with Gasteiger partial charge in [-0.25, -0.2) is 9.48 Å². The van der Waals surface area contributed by atoms with Gasteiger partial charge >= 0.3 is 6.09 Å². The topological polar surface area (TPSA) is 165 Å². The van der Waals surface area contributed by atoms with Crippen molar-refractivity contribution >= 4 is 23.4 Å². The lowest BCUT2D eigenvalue weighted by molar-refractivity contribution is -0.277. The van der Waals surface area contributed by atoms with Crippen molar-refractivity contribution in [2.75, 3.05) is 19.0 Å². The molecule has 198 valence electrons. The summed E-state index contributed by atoms with van der Waals surface area (Å²) in [4.78, 5) is 11.6. The van der Waals surface area contributed by atoms with Crippen LogP contribution in [-0.4, -0.2) is 80.7 Å². The molecule has 12 nitrogen and oxygen atoms in total. The molecule has 5 N–H and O–H groups in total. The third-order valence-corrected chi connectivity index (χ3v) is 5.96. The summed E-state index contributed by atoms with van der Waals surface area (Å²) < 4.78 is 23.0. The van der Waals surface area contributed by atoms with E-state index < -0.39 is 43.4 Å². The maximum absolute atomic E-state index is 11.6. The van der Waals surface area contributed by atoms with Gasteiger partial charge in [0.1, 0.15) is 36.8 Å². The van der Waals surface area contributed by atoms with Crippen LogP contribution in [0.25, 0.3) is 5.69 Å². The summed E-state index contributed by atoms with van der Waals surface area (Å²) in [6.07, 6.45) is -6.14. The number of amides is 1. The van der Waals surface area contributed by atoms with E-state index in [0.717, 1.165) is 0 Å². The molecule has 5 atom stereocenters. The van der Waals surface area contributed by atoms with Gasteiger partial charge in [-0.2, -0.15) is 0 Å². The fourth-order valence-corrected chi connectivity index (χ4v) is 3.79. The largest absolute Gasteiger partial charge is 0.472 e. The number of nitrogens with one attached hydrogen (secondary N) is 1. The van der Waals surface area contributed by atoms with Crippen LogP contribution < -0.4 is 14.8 Å². The maximum Gasteiger partial charge on any atom is 0.411 e. The number of aromatic nitrogens is 2. The van der Waals surface area contributed by atoms with Crippen molar-refractivity contribution in [3.05, 3.63) is 65.3 Å². The summed E-state index contributed by atoms with van der Waals surface area (Å²) >= 11 is 6.25. The van der Waals surface area contributed by atoms with Crippen LogP contribution in [0.2, 0.25) is 5.02 Å². The van der Waals surface area contributed by atoms with Gasteiger partial charge < -0.3 is 39.4 Å². The second-order valence-electron chi connectivity index (χ2n) is 8.09. The summed E-state index contributed by atoms with van der Waals surface area (Å²) in [6.45, 7) is -0.457. The summed E-state index contributed by atoms with van der Waals surface area (Å²) in [6, 6.07) is 13.5. The standard InChI is InChI=1S/C24H26ClN3O9/c1-34-24(33)26-16-5-3-2-4-13(16)12-35-19-8-9-28(27-19)14-6-7-15(25)17(10-14)36-23-22(32)21(31)20(30)18(11-29)37-23/h2-10,18,20-23,29-32H,11-12H2,1H3,(H,26,33)/t18-,20-,21+,22-,23+/m1/s1. The van der Waals surface area contributed by atoms with E-state index in [1.54, 1.807) is 42.6 Å². The van der Waals surface area contributed by atoms with Gasteiger partial charge in [-0.1, -0.05) is 29.8 Å². The van der Waals surface area contributed by atoms with E-state index in [4.69, 9.17) is 25.8 Å². The number of carbonyl (C=O) groups excluding carboxylic acids is 1. The lowest BCUT2D eigenvalue weighted by atomic mass is 9.99. The summed E-state index contributed by atoms with van der Waals surface area (Å²) in [7, 11) is 1.28. The number of methoxy groups -OCH3 is 1. The van der Waals surface area contributed by atoms with E-state index in [-0.39, 0.29) is 17.4 Å². The second kappa shape index (κ2) is 11.8. The highest BCUT2D eigenvalue weighted by molar-refractivity contribution is 6.32. The number of ether oxygens (including phenoxy) is 4. The van der Waals surface area contributed by atoms with E-state index >= 15 is 0 Å². The molecule has 0 radical (unpaired) electrons. The van der Waals surface area contributed by atoms with Crippen LogP contribution in [0.5, 0.6) is 11.6 Å². The number of benzene rings is 2. The molecule has 3 aromatic rings. The predicted molar refractivity (Wildman–Crippen MR) is 130 cm³/mol. The molecule has 0 unspecified atom stereocenters. The average molecular weight is 536 g/mol. The van der Waals surface area contributed by atoms with E-state index in [1.807, 2.05) is 6.07 Å². The maximum atomic E-state index is 11.6. The highest BCUT2D eigenvalue weighted by Crippen LogP contribution is 2.31. The van der Waals surface area contributed by atoms with Gasteiger partial charge in [0.2, 0.25) is 12.2 Å². The van der Waals surface area contributed by atoms with E-state index in [1.165, 1.54) is 17.9 Å². The van der Waals surface area contributed by atoms with Gasteiger partial charge in [-0.15, -0.1) is 5.10 Å². The monoisotopic (exact) mass is 535 g/mol. The van der Waals surface area contributed by atoms with Gasteiger partial charge in [0.05, 0.1) is 30.1 Å². The third kappa shape index (κ3) is 6.13. The quantitative estimate of drug-likeness (QED) is 0.285. The van der Waals surface area contributed by atoms with Crippen LogP contribution in [-0.2, 0) is 16.1 Å². The molecule has 1 fully saturated rings. The minimum absolute atomic E-state index is 0.115. The van der Waals surface area contributed by atoms with Crippen LogP contribution in [0.4, 0.5) is 10.5 Å². The number of anilines is 1. The fourth-order valence-electron chi connectivity index (χ4n) is 3.62. The Morgan fingerprint density at radius 2 is 1.92 bits per heavy atom. The molecule has 37 heavy (non-hydrogen) atoms. The molecule has 1 saturated heterocycles. The Bertz CT molecular complexity index is 1220. The van der Waals surface area contributed by atoms with Gasteiger partial charge in [-0.05, 0) is 18.2 Å². The molecule has 0 aliphatic carbocycles. The fraction of sp³-hybridized carbons (Fsp3) is 0.333. The van der Waals surface area contributed by atoms with Gasteiger partial charge in [-0.3, -0.25) is 5.32 Å². The number of rotatable bonds is 8. The zero-order valence-corrected chi connectivity index (χ0v) is 20.4. The first-order valence-corrected chi connectivity index (χ1v) is 11.6. The van der Waals surface area contributed by atoms with Crippen LogP contribution in [0.1, 0.15) is 5.56 Å². The first kappa shape index (κ1) is 26.7. The predicted octanol–water partition coefficient (Wildman–Crippen LogP) is 1.46. The Labute approximate surface area is 216 Å². The van der Waals surface area contributed by atoms with Crippen molar-refractivity contribution in [3.63, 3.8) is 0 Å². The Balaban J connectivity index is 1.46. The van der Waals surface area contributed by atoms with E-state index in [9.17, 15) is 25.2 Å². The molecule has 2 heterocycles. The lowest BCUT2D eigenvalue weighted by Crippen LogP contribution is -2.60. The first-order chi connectivity index (χ1) is 17.8. The summed E-state index contributed by atoms with van der Waals surface area (Å²) in [5.41, 5.74) is 1.79. The summed E-state index contributed by atoms with van der Waals surface area (Å²) in [5.74, 6) is 0.420. The van der Waals surface area contributed by atoms with Crippen molar-refractivity contribution in [3.8, 4) is 17.3 Å². The molecule has 1 aliphatic rings. The molecule has 1 amide bonds. The van der Waals surface area contributed by atoms with Crippen LogP contribution in [0.3, 0.4) is 0 Å². The molecule has 13 heteroatoms. The number of aliphatic hydroxyl groups excluding tert-OH is 4. The smallest absolute Gasteiger partial charge is 0.411 e. The van der Waals surface area contributed by atoms with Gasteiger partial charge in [0.15, 0.2) is 0 Å². The average Bonchev–Trinajstić information content (AvgIpc) is 3.38. The van der Waals surface area contributed by atoms with Crippen LogP contribution in [0.15, 0.2) is 54.7 Å². The zero-order valence-electron chi connectivity index (χ0n) is 19.6. The molecular formula is C24H26ClN3O9. The minimum atomic E-state index is -1.59. The number of hydrogen-bond donors (Lipinski definition) is 5. The van der Waals surface area contributed by atoms with E-state index in [0.29, 0.717) is 22.8 Å². The number of nitrogens with zero attached hydrogens (tertiary/aromatic N) is 2. The SMILES string of the molecule is COC(=O)Nc1ccccc1COc1ccn(-c2ccc(Cl)c(O[C@H]3O[C@H](CO)[C@@H](O)[C@H](O)[C@H]3O)c2)n1. The molecule has 0 spiro atoms. The van der Waals surface area contributed by atoms with Crippen molar-refractivity contribution < 1.29 is 44.2 Å². The Morgan fingerprint density at radius 3 is 2.68 bits per heavy atom. The van der Waals surface area contributed by atoms with Gasteiger partial charge in [0.25, 0.3) is 0 Å². The number of para-hydroxylation sites is 1. The number of carbonyl (C=O) groups is 1. The molecule has 1 aliphatic heterocycles. The molecular weight excluding hydrogens is 510 g/mol. The minimum Gasteiger partial charge on any atom is -0.472 e. The van der Waals surface area contributed by atoms with Gasteiger partial charge in [0, 0.05) is 23.9 Å². The highest BCUT2D eigenvalue weighted by Gasteiger charge is 2.44. The summed E-state index contributed by atoms with van der Waals surface area (Å²) in [5, 5.41) is 46.8. The molecule has 4 rings (SSSR count).